The maximum absolute atomic E-state index is 11.3. The number of thioether (sulfide) groups is 1. The van der Waals surface area contributed by atoms with Gasteiger partial charge < -0.3 is 15.4 Å². The van der Waals surface area contributed by atoms with E-state index in [0.717, 1.165) is 40.7 Å². The van der Waals surface area contributed by atoms with Crippen LogP contribution < -0.4 is 10.6 Å². The topological polar surface area (TPSA) is 94.0 Å². The summed E-state index contributed by atoms with van der Waals surface area (Å²) >= 11 is 1.59. The van der Waals surface area contributed by atoms with Crippen molar-refractivity contribution in [1.29, 1.82) is 0 Å². The van der Waals surface area contributed by atoms with Gasteiger partial charge in [-0.15, -0.1) is 0 Å². The summed E-state index contributed by atoms with van der Waals surface area (Å²) in [7, 11) is 0. The summed E-state index contributed by atoms with van der Waals surface area (Å²) in [4.78, 5) is 20.5. The Bertz CT molecular complexity index is 675. The second kappa shape index (κ2) is 9.31. The Kier molecular flexibility index (Phi) is 7.10. The van der Waals surface area contributed by atoms with Crippen LogP contribution in [-0.2, 0) is 11.3 Å². The average Bonchev–Trinajstić information content (AvgIpc) is 2.96. The first-order valence-corrected chi connectivity index (χ1v) is 9.18. The van der Waals surface area contributed by atoms with Crippen LogP contribution in [0.3, 0.4) is 0 Å². The highest BCUT2D eigenvalue weighted by molar-refractivity contribution is 7.99. The van der Waals surface area contributed by atoms with Gasteiger partial charge in [-0.25, -0.2) is 19.4 Å². The van der Waals surface area contributed by atoms with E-state index in [4.69, 9.17) is 4.74 Å². The molecule has 9 heteroatoms. The lowest BCUT2D eigenvalue weighted by Crippen LogP contribution is -2.28. The van der Waals surface area contributed by atoms with Crippen LogP contribution >= 0.6 is 11.8 Å². The van der Waals surface area contributed by atoms with Gasteiger partial charge in [0, 0.05) is 13.1 Å². The summed E-state index contributed by atoms with van der Waals surface area (Å²) in [5.41, 5.74) is 0.769. The van der Waals surface area contributed by atoms with Gasteiger partial charge in [0.1, 0.15) is 5.82 Å². The molecule has 0 fully saturated rings. The molecule has 0 aliphatic heterocycles. The third-order valence-corrected chi connectivity index (χ3v) is 3.89. The summed E-state index contributed by atoms with van der Waals surface area (Å²) in [6.07, 6.45) is 2.35. The molecule has 2 aromatic rings. The first-order chi connectivity index (χ1) is 11.7. The molecule has 2 N–H and O–H groups in total. The van der Waals surface area contributed by atoms with E-state index in [2.05, 4.69) is 39.5 Å². The molecule has 2 rings (SSSR count). The maximum atomic E-state index is 11.3. The summed E-state index contributed by atoms with van der Waals surface area (Å²) in [5.74, 6) is 1.71. The summed E-state index contributed by atoms with van der Waals surface area (Å²) < 4.78 is 6.62. The van der Waals surface area contributed by atoms with Crippen molar-refractivity contribution in [1.82, 2.24) is 25.1 Å². The molecular weight excluding hydrogens is 328 g/mol. The van der Waals surface area contributed by atoms with Crippen LogP contribution in [0.5, 0.6) is 0 Å². The van der Waals surface area contributed by atoms with Gasteiger partial charge in [0.25, 0.3) is 0 Å². The fourth-order valence-corrected chi connectivity index (χ4v) is 2.68. The fraction of sp³-hybridized carbons (Fsp3) is 0.600. The normalized spacial score (nSPS) is 10.8. The third-order valence-electron chi connectivity index (χ3n) is 3.16. The Morgan fingerprint density at radius 1 is 1.29 bits per heavy atom. The van der Waals surface area contributed by atoms with Crippen LogP contribution in [0, 0.1) is 0 Å². The number of ether oxygens (including phenoxy) is 1. The number of hydrogen-bond acceptors (Lipinski definition) is 7. The van der Waals surface area contributed by atoms with Crippen LogP contribution in [0.2, 0.25) is 0 Å². The van der Waals surface area contributed by atoms with Gasteiger partial charge in [0.2, 0.25) is 0 Å². The van der Waals surface area contributed by atoms with Crippen molar-refractivity contribution < 1.29 is 9.53 Å². The van der Waals surface area contributed by atoms with Crippen LogP contribution in [0.1, 0.15) is 27.2 Å². The molecule has 1 amide bonds. The van der Waals surface area contributed by atoms with Crippen molar-refractivity contribution in [3.63, 3.8) is 0 Å². The van der Waals surface area contributed by atoms with Crippen LogP contribution in [0.15, 0.2) is 11.4 Å². The Labute approximate surface area is 145 Å². The Morgan fingerprint density at radius 2 is 2.12 bits per heavy atom. The minimum absolute atomic E-state index is 0.355. The van der Waals surface area contributed by atoms with E-state index >= 15 is 0 Å². The van der Waals surface area contributed by atoms with Gasteiger partial charge in [0.15, 0.2) is 10.8 Å². The van der Waals surface area contributed by atoms with Gasteiger partial charge in [-0.2, -0.15) is 5.10 Å². The molecule has 0 saturated heterocycles. The van der Waals surface area contributed by atoms with Crippen molar-refractivity contribution in [2.75, 3.05) is 30.8 Å². The van der Waals surface area contributed by atoms with Crippen LogP contribution in [-0.4, -0.2) is 51.3 Å². The maximum Gasteiger partial charge on any atom is 0.407 e. The summed E-state index contributed by atoms with van der Waals surface area (Å²) in [6, 6.07) is 0. The van der Waals surface area contributed by atoms with Crippen molar-refractivity contribution in [2.45, 2.75) is 38.9 Å². The van der Waals surface area contributed by atoms with E-state index < -0.39 is 6.09 Å². The van der Waals surface area contributed by atoms with Gasteiger partial charge in [-0.3, -0.25) is 0 Å². The predicted octanol–water partition coefficient (Wildman–Crippen LogP) is 2.51. The van der Waals surface area contributed by atoms with Gasteiger partial charge >= 0.3 is 6.09 Å². The highest BCUT2D eigenvalue weighted by Gasteiger charge is 2.13. The molecule has 0 aliphatic rings. The molecule has 132 valence electrons. The quantitative estimate of drug-likeness (QED) is 0.529. The molecule has 0 spiro atoms. The Morgan fingerprint density at radius 3 is 2.83 bits per heavy atom. The van der Waals surface area contributed by atoms with Crippen molar-refractivity contribution in [3.8, 4) is 0 Å². The lowest BCUT2D eigenvalue weighted by molar-refractivity contribution is 0.152. The summed E-state index contributed by atoms with van der Waals surface area (Å²) in [6.45, 7) is 8.09. The van der Waals surface area contributed by atoms with Gasteiger partial charge in [-0.05, 0) is 19.1 Å². The second-order valence-corrected chi connectivity index (χ2v) is 6.20. The molecule has 2 heterocycles. The molecule has 8 nitrogen and oxygen atoms in total. The van der Waals surface area contributed by atoms with Gasteiger partial charge in [0.05, 0.1) is 24.7 Å². The number of aromatic nitrogens is 4. The number of nitrogens with one attached hydrogen (secondary N) is 2. The number of fused-ring (bicyclic) bond motifs is 1. The number of alkyl carbamates (subject to hydrolysis) is 1. The van der Waals surface area contributed by atoms with Gasteiger partial charge in [-0.1, -0.05) is 25.6 Å². The van der Waals surface area contributed by atoms with E-state index in [-0.39, 0.29) is 0 Å². The highest BCUT2D eigenvalue weighted by atomic mass is 32.2. The van der Waals surface area contributed by atoms with E-state index in [1.165, 1.54) is 0 Å². The zero-order valence-corrected chi connectivity index (χ0v) is 15.2. The van der Waals surface area contributed by atoms with Crippen LogP contribution in [0.25, 0.3) is 11.0 Å². The monoisotopic (exact) mass is 352 g/mol. The molecule has 2 aromatic heterocycles. The molecule has 0 bridgehead atoms. The van der Waals surface area contributed by atoms with E-state index in [9.17, 15) is 4.79 Å². The first-order valence-electron chi connectivity index (χ1n) is 8.20. The molecule has 0 aliphatic carbocycles. The zero-order chi connectivity index (χ0) is 17.4. The molecular formula is C15H24N6O2S. The number of amides is 1. The van der Waals surface area contributed by atoms with Crippen molar-refractivity contribution >= 4 is 34.7 Å². The first kappa shape index (κ1) is 18.3. The van der Waals surface area contributed by atoms with E-state index in [1.54, 1.807) is 29.6 Å². The average molecular weight is 352 g/mol. The van der Waals surface area contributed by atoms with E-state index in [0.29, 0.717) is 19.7 Å². The van der Waals surface area contributed by atoms with Crippen molar-refractivity contribution in [3.05, 3.63) is 6.20 Å². The molecule has 24 heavy (non-hydrogen) atoms. The number of hydrogen-bond donors (Lipinski definition) is 2. The minimum atomic E-state index is -0.420. The number of carbonyl (C=O) groups is 1. The fourth-order valence-electron chi connectivity index (χ4n) is 2.12. The second-order valence-electron chi connectivity index (χ2n) is 4.97. The standard InChI is InChI=1S/C15H24N6O2S/c1-4-7-16-12-11-10-18-21(9-8-17-15(22)23-5-2)13(11)20-14(19-12)24-6-3/h10H,4-9H2,1-3H3,(H,17,22)(H,16,19,20). The molecule has 0 saturated carbocycles. The zero-order valence-electron chi connectivity index (χ0n) is 14.3. The van der Waals surface area contributed by atoms with E-state index in [1.807, 2.05) is 0 Å². The Hall–Kier alpha value is -2.03. The Balaban J connectivity index is 2.18. The minimum Gasteiger partial charge on any atom is -0.450 e. The third kappa shape index (κ3) is 4.73. The predicted molar refractivity (Wildman–Crippen MR) is 95.5 cm³/mol. The molecule has 0 unspecified atom stereocenters. The highest BCUT2D eigenvalue weighted by Crippen LogP contribution is 2.24. The number of nitrogens with zero attached hydrogens (tertiary/aromatic N) is 4. The molecule has 0 radical (unpaired) electrons. The summed E-state index contributed by atoms with van der Waals surface area (Å²) in [5, 5.41) is 12.0. The SMILES string of the molecule is CCCNc1nc(SCC)nc2c1cnn2CCNC(=O)OCC. The van der Waals surface area contributed by atoms with Crippen LogP contribution in [0.4, 0.5) is 10.6 Å². The molecule has 0 aromatic carbocycles. The van der Waals surface area contributed by atoms with Crippen molar-refractivity contribution in [2.24, 2.45) is 0 Å². The number of rotatable bonds is 9. The molecule has 0 atom stereocenters. The smallest absolute Gasteiger partial charge is 0.407 e. The lowest BCUT2D eigenvalue weighted by atomic mass is 10.3. The lowest BCUT2D eigenvalue weighted by Gasteiger charge is -2.09. The number of anilines is 1. The number of carbonyl (C=O) groups excluding carboxylic acids is 1. The largest absolute Gasteiger partial charge is 0.450 e.